The molecule has 0 aliphatic carbocycles. The van der Waals surface area contributed by atoms with Crippen LogP contribution in [0, 0.1) is 0 Å². The van der Waals surface area contributed by atoms with Crippen molar-refractivity contribution in [2.75, 3.05) is 33.3 Å². The van der Waals surface area contributed by atoms with Crippen LogP contribution in [0.3, 0.4) is 0 Å². The summed E-state index contributed by atoms with van der Waals surface area (Å²) in [5, 5.41) is 13.7. The molecule has 1 aliphatic heterocycles. The molecule has 0 radical (unpaired) electrons. The zero-order chi connectivity index (χ0) is 15.2. The van der Waals surface area contributed by atoms with Gasteiger partial charge in [-0.15, -0.1) is 11.3 Å². The number of thiophene rings is 1. The molecule has 0 aromatic carbocycles. The molecule has 0 bridgehead atoms. The summed E-state index contributed by atoms with van der Waals surface area (Å²) in [6, 6.07) is 3.59. The number of aliphatic hydroxyl groups excluding tert-OH is 1. The van der Waals surface area contributed by atoms with Crippen LogP contribution >= 0.6 is 11.3 Å². The molecule has 1 aliphatic rings. The highest BCUT2D eigenvalue weighted by Crippen LogP contribution is 2.17. The first-order valence-electron chi connectivity index (χ1n) is 7.00. The Morgan fingerprint density at radius 2 is 2.43 bits per heavy atom. The standard InChI is InChI=1S/C14H21N3O3S/c1-16(6-7-18)13(19)9-12-14(20)15-4-5-17(12)10-11-3-2-8-21-11/h2-3,8,12,18H,4-7,9-10H2,1H3,(H,15,20). The van der Waals surface area contributed by atoms with E-state index >= 15 is 0 Å². The van der Waals surface area contributed by atoms with E-state index < -0.39 is 6.04 Å². The van der Waals surface area contributed by atoms with Crippen LogP contribution in [0.4, 0.5) is 0 Å². The van der Waals surface area contributed by atoms with Crippen LogP contribution in [0.5, 0.6) is 0 Å². The van der Waals surface area contributed by atoms with Crippen molar-refractivity contribution in [2.24, 2.45) is 0 Å². The molecule has 116 valence electrons. The third kappa shape index (κ3) is 4.26. The number of nitrogens with one attached hydrogen (secondary N) is 1. The molecule has 2 rings (SSSR count). The average molecular weight is 311 g/mol. The highest BCUT2D eigenvalue weighted by Gasteiger charge is 2.32. The summed E-state index contributed by atoms with van der Waals surface area (Å²) in [6.07, 6.45) is 0.147. The van der Waals surface area contributed by atoms with E-state index in [1.807, 2.05) is 17.5 Å². The van der Waals surface area contributed by atoms with Crippen molar-refractivity contribution in [3.63, 3.8) is 0 Å². The van der Waals surface area contributed by atoms with E-state index in [1.165, 1.54) is 9.78 Å². The lowest BCUT2D eigenvalue weighted by Crippen LogP contribution is -2.56. The van der Waals surface area contributed by atoms with Gasteiger partial charge in [-0.05, 0) is 11.4 Å². The summed E-state index contributed by atoms with van der Waals surface area (Å²) in [4.78, 5) is 28.9. The van der Waals surface area contributed by atoms with Crippen molar-refractivity contribution >= 4 is 23.2 Å². The van der Waals surface area contributed by atoms with Gasteiger partial charge in [0.2, 0.25) is 11.8 Å². The van der Waals surface area contributed by atoms with Crippen molar-refractivity contribution in [2.45, 2.75) is 19.0 Å². The minimum Gasteiger partial charge on any atom is -0.395 e. The average Bonchev–Trinajstić information content (AvgIpc) is 2.95. The second kappa shape index (κ2) is 7.53. The number of likely N-dealkylation sites (N-methyl/N-ethyl adjacent to an activating group) is 1. The first-order valence-corrected chi connectivity index (χ1v) is 7.88. The molecule has 1 atom stereocenters. The van der Waals surface area contributed by atoms with Gasteiger partial charge in [0.05, 0.1) is 19.1 Å². The van der Waals surface area contributed by atoms with Gasteiger partial charge in [-0.2, -0.15) is 0 Å². The predicted molar refractivity (Wildman–Crippen MR) is 80.9 cm³/mol. The number of piperazine rings is 1. The lowest BCUT2D eigenvalue weighted by atomic mass is 10.1. The lowest BCUT2D eigenvalue weighted by molar-refractivity contribution is -0.138. The van der Waals surface area contributed by atoms with Crippen molar-refractivity contribution < 1.29 is 14.7 Å². The van der Waals surface area contributed by atoms with Crippen molar-refractivity contribution in [3.8, 4) is 0 Å². The molecule has 0 saturated carbocycles. The Morgan fingerprint density at radius 3 is 3.10 bits per heavy atom. The second-order valence-corrected chi connectivity index (χ2v) is 6.13. The first-order chi connectivity index (χ1) is 10.1. The molecule has 0 spiro atoms. The zero-order valence-corrected chi connectivity index (χ0v) is 12.9. The zero-order valence-electron chi connectivity index (χ0n) is 12.1. The molecule has 2 heterocycles. The Kier molecular flexibility index (Phi) is 5.72. The Hall–Kier alpha value is -1.44. The van der Waals surface area contributed by atoms with Crippen molar-refractivity contribution in [1.29, 1.82) is 0 Å². The highest BCUT2D eigenvalue weighted by atomic mass is 32.1. The van der Waals surface area contributed by atoms with Gasteiger partial charge in [0.25, 0.3) is 0 Å². The number of amides is 2. The Morgan fingerprint density at radius 1 is 1.62 bits per heavy atom. The molecule has 1 unspecified atom stereocenters. The minimum atomic E-state index is -0.436. The molecule has 2 N–H and O–H groups in total. The molecule has 1 aromatic heterocycles. The summed E-state index contributed by atoms with van der Waals surface area (Å²) in [5.41, 5.74) is 0. The first kappa shape index (κ1) is 15.9. The molecule has 1 fully saturated rings. The van der Waals surface area contributed by atoms with Gasteiger partial charge in [-0.3, -0.25) is 14.5 Å². The maximum Gasteiger partial charge on any atom is 0.237 e. The number of hydrogen-bond acceptors (Lipinski definition) is 5. The quantitative estimate of drug-likeness (QED) is 0.769. The third-order valence-electron chi connectivity index (χ3n) is 3.61. The van der Waals surface area contributed by atoms with Crippen LogP contribution in [-0.4, -0.2) is 66.1 Å². The van der Waals surface area contributed by atoms with Gasteiger partial charge in [-0.1, -0.05) is 6.07 Å². The number of nitrogens with zero attached hydrogens (tertiary/aromatic N) is 2. The number of carbonyl (C=O) groups excluding carboxylic acids is 2. The third-order valence-corrected chi connectivity index (χ3v) is 4.47. The smallest absolute Gasteiger partial charge is 0.237 e. The SMILES string of the molecule is CN(CCO)C(=O)CC1C(=O)NCCN1Cc1cccs1. The molecule has 1 saturated heterocycles. The number of carbonyl (C=O) groups is 2. The molecular weight excluding hydrogens is 290 g/mol. The highest BCUT2D eigenvalue weighted by molar-refractivity contribution is 7.09. The van der Waals surface area contributed by atoms with Gasteiger partial charge >= 0.3 is 0 Å². The Bertz CT molecular complexity index is 478. The van der Waals surface area contributed by atoms with E-state index in [9.17, 15) is 9.59 Å². The Labute approximate surface area is 128 Å². The molecule has 7 heteroatoms. The van der Waals surface area contributed by atoms with Gasteiger partial charge in [0.15, 0.2) is 0 Å². The molecule has 2 amide bonds. The molecule has 21 heavy (non-hydrogen) atoms. The van der Waals surface area contributed by atoms with Crippen LogP contribution in [0.2, 0.25) is 0 Å². The lowest BCUT2D eigenvalue weighted by Gasteiger charge is -2.35. The monoisotopic (exact) mass is 311 g/mol. The fraction of sp³-hybridized carbons (Fsp3) is 0.571. The van der Waals surface area contributed by atoms with Gasteiger partial charge < -0.3 is 15.3 Å². The summed E-state index contributed by atoms with van der Waals surface area (Å²) in [7, 11) is 1.64. The van der Waals surface area contributed by atoms with Crippen LogP contribution < -0.4 is 5.32 Å². The van der Waals surface area contributed by atoms with Crippen LogP contribution in [0.15, 0.2) is 17.5 Å². The van der Waals surface area contributed by atoms with E-state index in [-0.39, 0.29) is 31.4 Å². The van der Waals surface area contributed by atoms with Crippen LogP contribution in [0.1, 0.15) is 11.3 Å². The van der Waals surface area contributed by atoms with Gasteiger partial charge in [0, 0.05) is 38.1 Å². The van der Waals surface area contributed by atoms with Crippen LogP contribution in [-0.2, 0) is 16.1 Å². The molecule has 6 nitrogen and oxygen atoms in total. The summed E-state index contributed by atoms with van der Waals surface area (Å²) >= 11 is 1.65. The van der Waals surface area contributed by atoms with Crippen molar-refractivity contribution in [3.05, 3.63) is 22.4 Å². The Balaban J connectivity index is 2.01. The van der Waals surface area contributed by atoms with E-state index in [2.05, 4.69) is 10.2 Å². The summed E-state index contributed by atoms with van der Waals surface area (Å²) in [5.74, 6) is -0.217. The van der Waals surface area contributed by atoms with Crippen molar-refractivity contribution in [1.82, 2.24) is 15.1 Å². The maximum absolute atomic E-state index is 12.1. The topological polar surface area (TPSA) is 72.9 Å². The summed E-state index contributed by atoms with van der Waals surface area (Å²) < 4.78 is 0. The number of aliphatic hydroxyl groups is 1. The van der Waals surface area contributed by atoms with E-state index in [0.717, 1.165) is 6.54 Å². The largest absolute Gasteiger partial charge is 0.395 e. The number of rotatable bonds is 6. The molecular formula is C14H21N3O3S. The predicted octanol–water partition coefficient (Wildman–Crippen LogP) is -0.111. The minimum absolute atomic E-state index is 0.0714. The summed E-state index contributed by atoms with van der Waals surface area (Å²) in [6.45, 7) is 2.26. The normalized spacial score (nSPS) is 19.3. The molecule has 1 aromatic rings. The van der Waals surface area contributed by atoms with Crippen LogP contribution in [0.25, 0.3) is 0 Å². The van der Waals surface area contributed by atoms with Gasteiger partial charge in [-0.25, -0.2) is 0 Å². The second-order valence-electron chi connectivity index (χ2n) is 5.10. The van der Waals surface area contributed by atoms with E-state index in [4.69, 9.17) is 5.11 Å². The van der Waals surface area contributed by atoms with E-state index in [1.54, 1.807) is 18.4 Å². The fourth-order valence-electron chi connectivity index (χ4n) is 2.37. The van der Waals surface area contributed by atoms with E-state index in [0.29, 0.717) is 13.1 Å². The number of hydrogen-bond donors (Lipinski definition) is 2. The van der Waals surface area contributed by atoms with Gasteiger partial charge in [0.1, 0.15) is 0 Å². The maximum atomic E-state index is 12.1. The fourth-order valence-corrected chi connectivity index (χ4v) is 3.10.